The van der Waals surface area contributed by atoms with Gasteiger partial charge in [0.25, 0.3) is 0 Å². The molecular formula is C23H25N2O2S2+. The highest BCUT2D eigenvalue weighted by atomic mass is 32.2. The Bertz CT molecular complexity index is 975. The third-order valence-corrected chi connectivity index (χ3v) is 5.93. The second-order valence-electron chi connectivity index (χ2n) is 6.61. The van der Waals surface area contributed by atoms with Gasteiger partial charge in [-0.15, -0.1) is 0 Å². The maximum Gasteiger partial charge on any atom is 0.182 e. The summed E-state index contributed by atoms with van der Waals surface area (Å²) in [5.41, 5.74) is 8.77. The first-order valence-electron chi connectivity index (χ1n) is 9.25. The number of nitrogens with zero attached hydrogens (tertiary/aromatic N) is 1. The normalized spacial score (nSPS) is 10.6. The fraction of sp³-hybridized carbons (Fsp3) is 0.174. The summed E-state index contributed by atoms with van der Waals surface area (Å²) in [6.07, 6.45) is 3.88. The molecule has 0 atom stereocenters. The number of ether oxygens (including phenoxy) is 1. The molecule has 3 aromatic rings. The molecule has 2 aromatic carbocycles. The quantitative estimate of drug-likeness (QED) is 0.277. The van der Waals surface area contributed by atoms with Gasteiger partial charge in [-0.25, -0.2) is 4.57 Å². The van der Waals surface area contributed by atoms with E-state index in [9.17, 15) is 0 Å². The zero-order valence-electron chi connectivity index (χ0n) is 16.6. The number of nitrogens with two attached hydrogens (primary N) is 1. The summed E-state index contributed by atoms with van der Waals surface area (Å²) >= 11 is 2.88. The predicted molar refractivity (Wildman–Crippen MR) is 122 cm³/mol. The first kappa shape index (κ1) is 21.1. The first-order valence-corrected chi connectivity index (χ1v) is 10.8. The van der Waals surface area contributed by atoms with Crippen molar-refractivity contribution in [3.05, 3.63) is 88.9 Å². The molecule has 0 bridgehead atoms. The zero-order valence-corrected chi connectivity index (χ0v) is 18.3. The summed E-state index contributed by atoms with van der Waals surface area (Å²) < 4.78 is 14.7. The predicted octanol–water partition coefficient (Wildman–Crippen LogP) is 5.54. The van der Waals surface area contributed by atoms with E-state index in [4.69, 9.17) is 14.7 Å². The van der Waals surface area contributed by atoms with Gasteiger partial charge in [0.05, 0.1) is 16.3 Å². The number of hydrogen-bond donors (Lipinski definition) is 1. The van der Waals surface area contributed by atoms with Crippen molar-refractivity contribution in [3.8, 4) is 11.5 Å². The van der Waals surface area contributed by atoms with Gasteiger partial charge in [-0.2, -0.15) is 0 Å². The van der Waals surface area contributed by atoms with Crippen LogP contribution in [-0.4, -0.2) is 6.61 Å². The Labute approximate surface area is 180 Å². The maximum atomic E-state index is 5.91. The molecule has 4 nitrogen and oxygen atoms in total. The van der Waals surface area contributed by atoms with E-state index in [1.54, 1.807) is 11.8 Å². The Balaban J connectivity index is 1.52. The van der Waals surface area contributed by atoms with Crippen molar-refractivity contribution in [2.75, 3.05) is 12.3 Å². The number of thioether (sulfide) groups is 1. The van der Waals surface area contributed by atoms with E-state index in [1.165, 1.54) is 22.5 Å². The van der Waals surface area contributed by atoms with Gasteiger partial charge in [0.15, 0.2) is 18.9 Å². The molecule has 0 amide bonds. The Hall–Kier alpha value is -2.57. The number of aryl methyl sites for hydroxylation is 2. The van der Waals surface area contributed by atoms with Crippen LogP contribution in [-0.2, 0) is 6.54 Å². The van der Waals surface area contributed by atoms with Crippen LogP contribution >= 0.6 is 23.8 Å². The van der Waals surface area contributed by atoms with E-state index in [1.807, 2.05) is 66.3 Å². The topological polar surface area (TPSA) is 48.4 Å². The van der Waals surface area contributed by atoms with Crippen LogP contribution in [0.2, 0.25) is 0 Å². The van der Waals surface area contributed by atoms with Crippen LogP contribution < -0.4 is 19.2 Å². The van der Waals surface area contributed by atoms with Crippen molar-refractivity contribution in [2.24, 2.45) is 0 Å². The summed E-state index contributed by atoms with van der Waals surface area (Å²) in [5.74, 6) is 1.53. The van der Waals surface area contributed by atoms with Gasteiger partial charge in [0.2, 0.25) is 0 Å². The summed E-state index contributed by atoms with van der Waals surface area (Å²) in [6.45, 7) is 9.51. The minimum absolute atomic E-state index is 0.556. The number of rotatable bonds is 9. The van der Waals surface area contributed by atoms with Crippen molar-refractivity contribution in [1.29, 1.82) is 0 Å². The minimum atomic E-state index is 0.556. The number of hydrogen-bond acceptors (Lipinski definition) is 5. The lowest BCUT2D eigenvalue weighted by atomic mass is 10.2. The number of pyridine rings is 1. The maximum absolute atomic E-state index is 5.91. The lowest BCUT2D eigenvalue weighted by Crippen LogP contribution is -2.35. The second-order valence-corrected chi connectivity index (χ2v) is 8.83. The second kappa shape index (κ2) is 10.3. The molecule has 1 heterocycles. The number of benzene rings is 2. The van der Waals surface area contributed by atoms with Gasteiger partial charge < -0.3 is 14.7 Å². The standard InChI is InChI=1S/C23H24N2O2S2/c1-17-14-21(26-13-12-25-10-8-20(24)9-11-25)16-22(15-17)27-29-19(3)28-23-7-5-4-6-18(23)2/h4-11,14-16,24H,3,12-13H2,1-2H3/p+1. The van der Waals surface area contributed by atoms with Gasteiger partial charge >= 0.3 is 0 Å². The fourth-order valence-electron chi connectivity index (χ4n) is 2.64. The van der Waals surface area contributed by atoms with E-state index in [0.29, 0.717) is 6.61 Å². The molecule has 1 aromatic heterocycles. The molecule has 0 unspecified atom stereocenters. The lowest BCUT2D eigenvalue weighted by molar-refractivity contribution is -0.697. The molecule has 6 heteroatoms. The van der Waals surface area contributed by atoms with Gasteiger partial charge in [-0.1, -0.05) is 36.5 Å². The van der Waals surface area contributed by atoms with Crippen molar-refractivity contribution in [3.63, 3.8) is 0 Å². The first-order chi connectivity index (χ1) is 14.0. The van der Waals surface area contributed by atoms with Crippen LogP contribution in [0.3, 0.4) is 0 Å². The highest BCUT2D eigenvalue weighted by Crippen LogP contribution is 2.37. The van der Waals surface area contributed by atoms with E-state index in [2.05, 4.69) is 25.6 Å². The highest BCUT2D eigenvalue weighted by Gasteiger charge is 2.07. The molecule has 29 heavy (non-hydrogen) atoms. The van der Waals surface area contributed by atoms with Gasteiger partial charge in [-0.05, 0) is 43.2 Å². The van der Waals surface area contributed by atoms with Crippen LogP contribution in [0.15, 0.2) is 82.7 Å². The fourth-order valence-corrected chi connectivity index (χ4v) is 4.05. The Kier molecular flexibility index (Phi) is 7.49. The lowest BCUT2D eigenvalue weighted by Gasteiger charge is -2.11. The average molecular weight is 426 g/mol. The van der Waals surface area contributed by atoms with Gasteiger partial charge in [0, 0.05) is 28.8 Å². The number of aromatic nitrogens is 1. The molecule has 0 aliphatic carbocycles. The van der Waals surface area contributed by atoms with Gasteiger partial charge in [-0.3, -0.25) is 0 Å². The third-order valence-electron chi connectivity index (χ3n) is 4.11. The molecule has 0 radical (unpaired) electrons. The van der Waals surface area contributed by atoms with Crippen molar-refractivity contribution in [1.82, 2.24) is 0 Å². The van der Waals surface area contributed by atoms with Crippen LogP contribution in [0.25, 0.3) is 0 Å². The van der Waals surface area contributed by atoms with E-state index in [-0.39, 0.29) is 0 Å². The molecule has 3 rings (SSSR count). The molecule has 0 spiro atoms. The van der Waals surface area contributed by atoms with E-state index < -0.39 is 0 Å². The van der Waals surface area contributed by atoms with Crippen LogP contribution in [0.1, 0.15) is 11.1 Å². The van der Waals surface area contributed by atoms with Crippen molar-refractivity contribution < 1.29 is 13.5 Å². The van der Waals surface area contributed by atoms with Gasteiger partial charge in [0.1, 0.15) is 18.1 Å². The molecule has 0 fully saturated rings. The van der Waals surface area contributed by atoms with Crippen LogP contribution in [0.4, 0.5) is 5.69 Å². The van der Waals surface area contributed by atoms with Crippen molar-refractivity contribution in [2.45, 2.75) is 25.3 Å². The van der Waals surface area contributed by atoms with E-state index >= 15 is 0 Å². The largest absolute Gasteiger partial charge is 0.487 e. The highest BCUT2D eigenvalue weighted by molar-refractivity contribution is 8.20. The zero-order chi connectivity index (χ0) is 20.6. The van der Waals surface area contributed by atoms with Crippen molar-refractivity contribution >= 4 is 29.5 Å². The number of nitrogen functional groups attached to an aromatic ring is 1. The molecule has 150 valence electrons. The Morgan fingerprint density at radius 3 is 2.52 bits per heavy atom. The average Bonchev–Trinajstić information content (AvgIpc) is 2.69. The Morgan fingerprint density at radius 2 is 1.76 bits per heavy atom. The summed E-state index contributed by atoms with van der Waals surface area (Å²) in [6, 6.07) is 17.9. The molecule has 0 saturated carbocycles. The van der Waals surface area contributed by atoms with Crippen LogP contribution in [0.5, 0.6) is 11.5 Å². The SMILES string of the molecule is C=C(SOc1cc(C)cc(OCC[n+]2ccc(N)cc2)c1)Sc1ccccc1C. The van der Waals surface area contributed by atoms with Crippen LogP contribution in [0, 0.1) is 13.8 Å². The monoisotopic (exact) mass is 425 g/mol. The minimum Gasteiger partial charge on any atom is -0.487 e. The molecular weight excluding hydrogens is 400 g/mol. The summed E-state index contributed by atoms with van der Waals surface area (Å²) in [7, 11) is 0. The molecule has 0 saturated heterocycles. The third kappa shape index (κ3) is 6.76. The Morgan fingerprint density at radius 1 is 1.03 bits per heavy atom. The smallest absolute Gasteiger partial charge is 0.182 e. The summed E-state index contributed by atoms with van der Waals surface area (Å²) in [4.78, 5) is 1.18. The summed E-state index contributed by atoms with van der Waals surface area (Å²) in [5, 5.41) is 0. The number of anilines is 1. The molecule has 0 aliphatic rings. The molecule has 0 aliphatic heterocycles. The molecule has 2 N–H and O–H groups in total. The van der Waals surface area contributed by atoms with E-state index in [0.717, 1.165) is 33.5 Å².